The van der Waals surface area contributed by atoms with Gasteiger partial charge < -0.3 is 20.5 Å². The first-order valence-electron chi connectivity index (χ1n) is 7.15. The van der Waals surface area contributed by atoms with Crippen LogP contribution in [0, 0.1) is 5.92 Å². The number of urea groups is 1. The first kappa shape index (κ1) is 15.9. The van der Waals surface area contributed by atoms with Crippen molar-refractivity contribution >= 4 is 23.3 Å². The van der Waals surface area contributed by atoms with E-state index >= 15 is 0 Å². The molecule has 1 aromatic rings. The van der Waals surface area contributed by atoms with Crippen molar-refractivity contribution in [3.05, 3.63) is 23.2 Å². The summed E-state index contributed by atoms with van der Waals surface area (Å²) in [5.74, 6) is 0.892. The minimum atomic E-state index is -0.296. The van der Waals surface area contributed by atoms with E-state index in [1.165, 1.54) is 7.11 Å². The quantitative estimate of drug-likeness (QED) is 0.800. The Hall–Kier alpha value is -1.46. The van der Waals surface area contributed by atoms with Crippen LogP contribution in [0.1, 0.15) is 25.7 Å². The van der Waals surface area contributed by atoms with Gasteiger partial charge in [0.05, 0.1) is 18.9 Å². The molecule has 0 heterocycles. The van der Waals surface area contributed by atoms with E-state index < -0.39 is 0 Å². The molecule has 2 atom stereocenters. The highest BCUT2D eigenvalue weighted by Crippen LogP contribution is 2.27. The van der Waals surface area contributed by atoms with E-state index in [4.69, 9.17) is 16.3 Å². The van der Waals surface area contributed by atoms with Crippen LogP contribution < -0.4 is 15.4 Å². The molecular weight excluding hydrogens is 292 g/mol. The number of aliphatic hydroxyl groups excluding tert-OH is 1. The fourth-order valence-electron chi connectivity index (χ4n) is 2.63. The van der Waals surface area contributed by atoms with Crippen LogP contribution in [0.25, 0.3) is 0 Å². The lowest BCUT2D eigenvalue weighted by atomic mass is 9.87. The second-order valence-electron chi connectivity index (χ2n) is 5.37. The molecule has 5 nitrogen and oxygen atoms in total. The summed E-state index contributed by atoms with van der Waals surface area (Å²) in [6.45, 7) is 0.561. The van der Waals surface area contributed by atoms with E-state index in [9.17, 15) is 9.90 Å². The number of benzene rings is 1. The highest BCUT2D eigenvalue weighted by molar-refractivity contribution is 6.31. The number of nitrogens with one attached hydrogen (secondary N) is 2. The average molecular weight is 313 g/mol. The smallest absolute Gasteiger partial charge is 0.319 e. The highest BCUT2D eigenvalue weighted by Gasteiger charge is 2.20. The van der Waals surface area contributed by atoms with Crippen molar-refractivity contribution in [2.24, 2.45) is 5.92 Å². The van der Waals surface area contributed by atoms with Gasteiger partial charge in [-0.25, -0.2) is 4.79 Å². The number of halogens is 1. The fourth-order valence-corrected chi connectivity index (χ4v) is 2.80. The van der Waals surface area contributed by atoms with Crippen LogP contribution in [-0.2, 0) is 0 Å². The Morgan fingerprint density at radius 1 is 1.48 bits per heavy atom. The van der Waals surface area contributed by atoms with E-state index in [-0.39, 0.29) is 12.1 Å². The van der Waals surface area contributed by atoms with Gasteiger partial charge in [0.2, 0.25) is 0 Å². The molecular formula is C15H21ClN2O3. The van der Waals surface area contributed by atoms with Crippen LogP contribution in [0.4, 0.5) is 10.5 Å². The number of hydrogen-bond acceptors (Lipinski definition) is 3. The molecule has 0 bridgehead atoms. The third-order valence-electron chi connectivity index (χ3n) is 3.72. The Bertz CT molecular complexity index is 496. The molecule has 2 unspecified atom stereocenters. The Kier molecular flexibility index (Phi) is 5.70. The van der Waals surface area contributed by atoms with E-state index in [1.807, 2.05) is 0 Å². The lowest BCUT2D eigenvalue weighted by Crippen LogP contribution is -2.35. The molecule has 3 N–H and O–H groups in total. The maximum absolute atomic E-state index is 11.9. The van der Waals surface area contributed by atoms with E-state index in [1.54, 1.807) is 18.2 Å². The summed E-state index contributed by atoms with van der Waals surface area (Å²) >= 11 is 5.92. The van der Waals surface area contributed by atoms with Gasteiger partial charge in [-0.1, -0.05) is 18.0 Å². The summed E-state index contributed by atoms with van der Waals surface area (Å²) in [5, 5.41) is 15.7. The summed E-state index contributed by atoms with van der Waals surface area (Å²) < 4.78 is 5.18. The summed E-state index contributed by atoms with van der Waals surface area (Å²) in [6, 6.07) is 4.75. The van der Waals surface area contributed by atoms with Crippen LogP contribution >= 0.6 is 11.6 Å². The van der Waals surface area contributed by atoms with Crippen molar-refractivity contribution in [3.8, 4) is 5.75 Å². The molecule has 1 saturated carbocycles. The predicted octanol–water partition coefficient (Wildman–Crippen LogP) is 3.02. The maximum Gasteiger partial charge on any atom is 0.319 e. The molecule has 0 aromatic heterocycles. The standard InChI is InChI=1S/C15H21ClN2O3/c1-21-14-6-5-11(16)8-13(14)18-15(20)17-9-10-3-2-4-12(19)7-10/h5-6,8,10,12,19H,2-4,7,9H2,1H3,(H2,17,18,20). The Balaban J connectivity index is 1.85. The average Bonchev–Trinajstić information content (AvgIpc) is 2.45. The zero-order chi connectivity index (χ0) is 15.2. The van der Waals surface area contributed by atoms with Crippen molar-refractivity contribution in [1.82, 2.24) is 5.32 Å². The van der Waals surface area contributed by atoms with E-state index in [0.29, 0.717) is 28.9 Å². The fraction of sp³-hybridized carbons (Fsp3) is 0.533. The Morgan fingerprint density at radius 2 is 2.29 bits per heavy atom. The first-order chi connectivity index (χ1) is 10.1. The number of carbonyl (C=O) groups is 1. The number of aliphatic hydroxyl groups is 1. The van der Waals surface area contributed by atoms with Crippen molar-refractivity contribution in [3.63, 3.8) is 0 Å². The van der Waals surface area contributed by atoms with Gasteiger partial charge in [-0.15, -0.1) is 0 Å². The number of hydrogen-bond donors (Lipinski definition) is 3. The van der Waals surface area contributed by atoms with Gasteiger partial charge >= 0.3 is 6.03 Å². The zero-order valence-electron chi connectivity index (χ0n) is 12.1. The number of amides is 2. The molecule has 116 valence electrons. The van der Waals surface area contributed by atoms with Gasteiger partial charge in [-0.05, 0) is 43.4 Å². The van der Waals surface area contributed by atoms with Gasteiger partial charge in [0.15, 0.2) is 0 Å². The van der Waals surface area contributed by atoms with Gasteiger partial charge in [-0.2, -0.15) is 0 Å². The van der Waals surface area contributed by atoms with Gasteiger partial charge in [-0.3, -0.25) is 0 Å². The van der Waals surface area contributed by atoms with Crippen molar-refractivity contribution in [1.29, 1.82) is 0 Å². The summed E-state index contributed by atoms with van der Waals surface area (Å²) in [4.78, 5) is 11.9. The third kappa shape index (κ3) is 4.79. The molecule has 1 aliphatic carbocycles. The van der Waals surface area contributed by atoms with E-state index in [0.717, 1.165) is 25.7 Å². The lowest BCUT2D eigenvalue weighted by molar-refractivity contribution is 0.101. The molecule has 0 saturated heterocycles. The molecule has 1 aromatic carbocycles. The number of anilines is 1. The topological polar surface area (TPSA) is 70.6 Å². The monoisotopic (exact) mass is 312 g/mol. The van der Waals surface area contributed by atoms with Crippen molar-refractivity contribution < 1.29 is 14.6 Å². The summed E-state index contributed by atoms with van der Waals surface area (Å²) in [6.07, 6.45) is 3.43. The maximum atomic E-state index is 11.9. The second-order valence-corrected chi connectivity index (χ2v) is 5.80. The Morgan fingerprint density at radius 3 is 3.00 bits per heavy atom. The lowest BCUT2D eigenvalue weighted by Gasteiger charge is -2.25. The molecule has 1 aliphatic rings. The van der Waals surface area contributed by atoms with Crippen LogP contribution in [0.3, 0.4) is 0 Å². The summed E-state index contributed by atoms with van der Waals surface area (Å²) in [7, 11) is 1.54. The predicted molar refractivity (Wildman–Crippen MR) is 83.0 cm³/mol. The van der Waals surface area contributed by atoms with Gasteiger partial charge in [0, 0.05) is 11.6 Å². The molecule has 0 radical (unpaired) electrons. The largest absolute Gasteiger partial charge is 0.495 e. The SMILES string of the molecule is COc1ccc(Cl)cc1NC(=O)NCC1CCCC(O)C1. The van der Waals surface area contributed by atoms with Crippen LogP contribution in [-0.4, -0.2) is 30.9 Å². The molecule has 2 rings (SSSR count). The Labute approximate surface area is 129 Å². The van der Waals surface area contributed by atoms with Crippen molar-refractivity contribution in [2.75, 3.05) is 19.0 Å². The van der Waals surface area contributed by atoms with Gasteiger partial charge in [0.25, 0.3) is 0 Å². The molecule has 2 amide bonds. The minimum absolute atomic E-state index is 0.235. The molecule has 0 aliphatic heterocycles. The molecule has 21 heavy (non-hydrogen) atoms. The highest BCUT2D eigenvalue weighted by atomic mass is 35.5. The van der Waals surface area contributed by atoms with Crippen LogP contribution in [0.2, 0.25) is 5.02 Å². The van der Waals surface area contributed by atoms with Crippen LogP contribution in [0.5, 0.6) is 5.75 Å². The van der Waals surface area contributed by atoms with Crippen molar-refractivity contribution in [2.45, 2.75) is 31.8 Å². The summed E-state index contributed by atoms with van der Waals surface area (Å²) in [5.41, 5.74) is 0.533. The van der Waals surface area contributed by atoms with Crippen LogP contribution in [0.15, 0.2) is 18.2 Å². The third-order valence-corrected chi connectivity index (χ3v) is 3.95. The van der Waals surface area contributed by atoms with E-state index in [2.05, 4.69) is 10.6 Å². The number of carbonyl (C=O) groups excluding carboxylic acids is 1. The minimum Gasteiger partial charge on any atom is -0.495 e. The normalized spacial score (nSPS) is 21.7. The zero-order valence-corrected chi connectivity index (χ0v) is 12.8. The number of methoxy groups -OCH3 is 1. The molecule has 0 spiro atoms. The first-order valence-corrected chi connectivity index (χ1v) is 7.52. The molecule has 6 heteroatoms. The number of ether oxygens (including phenoxy) is 1. The molecule has 1 fully saturated rings. The second kappa shape index (κ2) is 7.52. The number of rotatable bonds is 4. The van der Waals surface area contributed by atoms with Gasteiger partial charge in [0.1, 0.15) is 5.75 Å².